The van der Waals surface area contributed by atoms with Crippen molar-refractivity contribution in [3.8, 4) is 11.3 Å². The Bertz CT molecular complexity index is 1560. The predicted octanol–water partition coefficient (Wildman–Crippen LogP) is 5.99. The van der Waals surface area contributed by atoms with Gasteiger partial charge < -0.3 is 0 Å². The van der Waals surface area contributed by atoms with E-state index in [9.17, 15) is 0 Å². The van der Waals surface area contributed by atoms with Crippen LogP contribution in [-0.2, 0) is 6.37 Å². The van der Waals surface area contributed by atoms with E-state index < -0.39 is 18.6 Å². The van der Waals surface area contributed by atoms with E-state index in [2.05, 4.69) is 9.97 Å². The van der Waals surface area contributed by atoms with Gasteiger partial charge in [0.1, 0.15) is 12.0 Å². The molecular weight excluding hydrogens is 356 g/mol. The minimum Gasteiger partial charge on any atom is -0.282 e. The van der Waals surface area contributed by atoms with Gasteiger partial charge in [0.15, 0.2) is 0 Å². The van der Waals surface area contributed by atoms with E-state index in [1.807, 2.05) is 46.9 Å². The normalized spacial score (nSPS) is 15.8. The van der Waals surface area contributed by atoms with E-state index in [-0.39, 0.29) is 11.1 Å². The molecule has 0 amide bonds. The Labute approximate surface area is 177 Å². The molecule has 4 nitrogen and oxygen atoms in total. The summed E-state index contributed by atoms with van der Waals surface area (Å²) >= 11 is 0. The average Bonchev–Trinajstić information content (AvgIpc) is 3.16. The van der Waals surface area contributed by atoms with Gasteiger partial charge in [0.25, 0.3) is 0 Å². The van der Waals surface area contributed by atoms with Gasteiger partial charge in [0, 0.05) is 24.0 Å². The van der Waals surface area contributed by atoms with E-state index in [0.717, 1.165) is 33.1 Å². The first-order chi connectivity index (χ1) is 15.9. The first-order valence-electron chi connectivity index (χ1n) is 12.0. The number of hydrogen-bond acceptors (Lipinski definition) is 3. The van der Waals surface area contributed by atoms with Gasteiger partial charge in [-0.1, -0.05) is 39.0 Å². The van der Waals surface area contributed by atoms with Crippen LogP contribution in [-0.4, -0.2) is 19.4 Å². The van der Waals surface area contributed by atoms with Crippen LogP contribution >= 0.6 is 0 Å². The number of benzene rings is 2. The summed E-state index contributed by atoms with van der Waals surface area (Å²) in [7, 11) is 0. The highest BCUT2D eigenvalue weighted by Gasteiger charge is 2.15. The summed E-state index contributed by atoms with van der Waals surface area (Å²) in [6.45, 7) is 2.81. The standard InChI is InChI=1S/C25H24N4/c1-16-14-26-22(12-18(16)13-25(2,3)4)17-9-10-20-19(11-17)24-28-21-7-5-6-8-23(21)29(24)15-27-20/h5-12,14-15H,13H2,1-4H3/i1D3,13D2. The molecule has 0 saturated carbocycles. The highest BCUT2D eigenvalue weighted by molar-refractivity contribution is 5.98. The summed E-state index contributed by atoms with van der Waals surface area (Å²) in [5.74, 6) is 0. The second kappa shape index (κ2) is 6.38. The average molecular weight is 386 g/mol. The van der Waals surface area contributed by atoms with Crippen molar-refractivity contribution in [3.05, 3.63) is 72.2 Å². The highest BCUT2D eigenvalue weighted by Crippen LogP contribution is 2.29. The van der Waals surface area contributed by atoms with Crippen molar-refractivity contribution in [3.63, 3.8) is 0 Å². The molecule has 29 heavy (non-hydrogen) atoms. The number of nitrogens with zero attached hydrogens (tertiary/aromatic N) is 4. The van der Waals surface area contributed by atoms with Crippen LogP contribution in [0.15, 0.2) is 61.1 Å². The number of aryl methyl sites for hydroxylation is 1. The van der Waals surface area contributed by atoms with Crippen molar-refractivity contribution in [1.82, 2.24) is 19.4 Å². The number of fused-ring (bicyclic) bond motifs is 5. The zero-order chi connectivity index (χ0) is 24.5. The van der Waals surface area contributed by atoms with E-state index >= 15 is 0 Å². The second-order valence-corrected chi connectivity index (χ2v) is 8.26. The van der Waals surface area contributed by atoms with Gasteiger partial charge in [0.2, 0.25) is 0 Å². The van der Waals surface area contributed by atoms with Gasteiger partial charge in [0.05, 0.1) is 22.2 Å². The van der Waals surface area contributed by atoms with Crippen molar-refractivity contribution in [2.24, 2.45) is 5.41 Å². The maximum absolute atomic E-state index is 8.77. The first kappa shape index (κ1) is 13.0. The maximum Gasteiger partial charge on any atom is 0.148 e. The monoisotopic (exact) mass is 385 g/mol. The third kappa shape index (κ3) is 3.15. The molecule has 0 unspecified atom stereocenters. The van der Waals surface area contributed by atoms with Crippen molar-refractivity contribution < 1.29 is 6.85 Å². The van der Waals surface area contributed by atoms with Gasteiger partial charge in [-0.15, -0.1) is 0 Å². The fourth-order valence-electron chi connectivity index (χ4n) is 3.58. The second-order valence-electron chi connectivity index (χ2n) is 8.26. The van der Waals surface area contributed by atoms with Gasteiger partial charge in [-0.25, -0.2) is 9.97 Å². The van der Waals surface area contributed by atoms with Gasteiger partial charge >= 0.3 is 0 Å². The Morgan fingerprint density at radius 3 is 2.72 bits per heavy atom. The van der Waals surface area contributed by atoms with Crippen LogP contribution in [0.5, 0.6) is 0 Å². The predicted molar refractivity (Wildman–Crippen MR) is 119 cm³/mol. The molecule has 0 N–H and O–H groups in total. The Kier molecular flexibility index (Phi) is 2.87. The third-order valence-electron chi connectivity index (χ3n) is 4.85. The molecule has 5 aromatic rings. The molecule has 0 aliphatic carbocycles. The molecule has 3 heterocycles. The molecule has 0 fully saturated rings. The largest absolute Gasteiger partial charge is 0.282 e. The zero-order valence-corrected chi connectivity index (χ0v) is 16.6. The van der Waals surface area contributed by atoms with Crippen LogP contribution in [0.2, 0.25) is 0 Å². The lowest BCUT2D eigenvalue weighted by Crippen LogP contribution is -2.10. The van der Waals surface area contributed by atoms with Crippen molar-refractivity contribution in [2.75, 3.05) is 0 Å². The number of para-hydroxylation sites is 2. The van der Waals surface area contributed by atoms with Crippen LogP contribution in [0, 0.1) is 12.3 Å². The van der Waals surface area contributed by atoms with Crippen molar-refractivity contribution in [2.45, 2.75) is 34.0 Å². The molecule has 2 aromatic carbocycles. The molecule has 0 radical (unpaired) electrons. The summed E-state index contributed by atoms with van der Waals surface area (Å²) in [5.41, 5.74) is 3.83. The number of aromatic nitrogens is 4. The lowest BCUT2D eigenvalue weighted by molar-refractivity contribution is 0.410. The summed E-state index contributed by atoms with van der Waals surface area (Å²) in [5, 5.41) is 0.832. The van der Waals surface area contributed by atoms with E-state index in [1.54, 1.807) is 33.2 Å². The number of rotatable bonds is 2. The molecular formula is C25H24N4. The van der Waals surface area contributed by atoms with Crippen molar-refractivity contribution >= 4 is 27.6 Å². The van der Waals surface area contributed by atoms with Crippen LogP contribution < -0.4 is 0 Å². The van der Waals surface area contributed by atoms with Crippen molar-refractivity contribution in [1.29, 1.82) is 0 Å². The molecule has 0 aliphatic heterocycles. The number of pyridine rings is 1. The topological polar surface area (TPSA) is 43.1 Å². The molecule has 0 bridgehead atoms. The summed E-state index contributed by atoms with van der Waals surface area (Å²) in [4.78, 5) is 13.8. The van der Waals surface area contributed by atoms with Gasteiger partial charge in [-0.05, 0) is 60.1 Å². The SMILES string of the molecule is [2H]C([2H])([2H])c1cnc(-c2ccc3ncn4c5ccccc5nc4c3c2)cc1C([2H])([2H])C(C)(C)C. The lowest BCUT2D eigenvalue weighted by Gasteiger charge is -2.20. The molecule has 0 spiro atoms. The van der Waals surface area contributed by atoms with Gasteiger partial charge in [-0.2, -0.15) is 0 Å². The molecule has 0 aliphatic rings. The van der Waals surface area contributed by atoms with Crippen LogP contribution in [0.1, 0.15) is 38.8 Å². The molecule has 0 atom stereocenters. The Hall–Kier alpha value is -3.27. The van der Waals surface area contributed by atoms with Crippen LogP contribution in [0.3, 0.4) is 0 Å². The van der Waals surface area contributed by atoms with E-state index in [1.165, 1.54) is 6.20 Å². The zero-order valence-electron chi connectivity index (χ0n) is 21.6. The van der Waals surface area contributed by atoms with E-state index in [0.29, 0.717) is 5.69 Å². The fraction of sp³-hybridized carbons (Fsp3) is 0.240. The van der Waals surface area contributed by atoms with Crippen LogP contribution in [0.25, 0.3) is 38.8 Å². The third-order valence-corrected chi connectivity index (χ3v) is 4.85. The Morgan fingerprint density at radius 1 is 1.03 bits per heavy atom. The minimum atomic E-state index is -2.48. The molecule has 5 rings (SSSR count). The molecule has 0 saturated heterocycles. The molecule has 3 aromatic heterocycles. The summed E-state index contributed by atoms with van der Waals surface area (Å²) < 4.78 is 43.3. The van der Waals surface area contributed by atoms with E-state index in [4.69, 9.17) is 11.8 Å². The first-order valence-corrected chi connectivity index (χ1v) is 9.55. The quantitative estimate of drug-likeness (QED) is 0.374. The fourth-order valence-corrected chi connectivity index (χ4v) is 3.58. The maximum atomic E-state index is 8.77. The number of hydrogen-bond donors (Lipinski definition) is 0. The highest BCUT2D eigenvalue weighted by atomic mass is 15.0. The smallest absolute Gasteiger partial charge is 0.148 e. The molecule has 144 valence electrons. The number of imidazole rings is 1. The molecule has 4 heteroatoms. The van der Waals surface area contributed by atoms with Gasteiger partial charge in [-0.3, -0.25) is 9.38 Å². The summed E-state index contributed by atoms with van der Waals surface area (Å²) in [6, 6.07) is 15.1. The summed E-state index contributed by atoms with van der Waals surface area (Å²) in [6.07, 6.45) is 1.15. The van der Waals surface area contributed by atoms with Crippen LogP contribution in [0.4, 0.5) is 0 Å². The lowest BCUT2D eigenvalue weighted by atomic mass is 9.86. The minimum absolute atomic E-state index is 0.0690. The Balaban J connectivity index is 1.75. The Morgan fingerprint density at radius 2 is 1.90 bits per heavy atom.